The molecule has 106 valence electrons. The number of rotatable bonds is 7. The van der Waals surface area contributed by atoms with Gasteiger partial charge in [-0.2, -0.15) is 0 Å². The molecule has 19 heavy (non-hydrogen) atoms. The third kappa shape index (κ3) is 4.70. The molecule has 0 radical (unpaired) electrons. The van der Waals surface area contributed by atoms with Gasteiger partial charge in [0.15, 0.2) is 0 Å². The number of nitrogens with one attached hydrogen (secondary N) is 1. The lowest BCUT2D eigenvalue weighted by molar-refractivity contribution is 0.357. The van der Waals surface area contributed by atoms with Crippen LogP contribution in [0.1, 0.15) is 31.4 Å². The third-order valence-electron chi connectivity index (χ3n) is 3.44. The maximum Gasteiger partial charge on any atom is 0.122 e. The maximum atomic E-state index is 6.26. The Hall–Kier alpha value is -0.730. The van der Waals surface area contributed by atoms with Crippen LogP contribution in [0.3, 0.4) is 0 Å². The van der Waals surface area contributed by atoms with Crippen molar-refractivity contribution in [2.45, 2.75) is 38.5 Å². The predicted molar refractivity (Wildman–Crippen MR) is 81.3 cm³/mol. The van der Waals surface area contributed by atoms with Crippen molar-refractivity contribution >= 4 is 11.6 Å². The zero-order valence-corrected chi connectivity index (χ0v) is 12.7. The molecular weight excluding hydrogens is 258 g/mol. The number of alkyl halides is 1. The number of fused-ring (bicyclic) bond motifs is 1. The molecule has 1 heterocycles. The molecule has 1 aliphatic heterocycles. The number of halogens is 1. The van der Waals surface area contributed by atoms with E-state index in [1.165, 1.54) is 11.1 Å². The van der Waals surface area contributed by atoms with E-state index in [-0.39, 0.29) is 5.38 Å². The smallest absolute Gasteiger partial charge is 0.122 e. The summed E-state index contributed by atoms with van der Waals surface area (Å²) in [6, 6.07) is 6.54. The van der Waals surface area contributed by atoms with Crippen molar-refractivity contribution in [2.75, 3.05) is 19.7 Å². The molecular formula is C16H24ClNO. The standard InChI is InChI=1S/C16H24ClNO/c1-12(2)9-15(17)11-18-7-5-13-3-4-16-14(10-13)6-8-19-16/h3-4,10,12,15,18H,5-9,11H2,1-2H3. The molecule has 1 unspecified atom stereocenters. The first-order valence-corrected chi connectivity index (χ1v) is 7.68. The van der Waals surface area contributed by atoms with Crippen molar-refractivity contribution in [2.24, 2.45) is 5.92 Å². The number of hydrogen-bond donors (Lipinski definition) is 1. The molecule has 1 aromatic rings. The molecule has 0 aromatic heterocycles. The molecule has 0 saturated carbocycles. The van der Waals surface area contributed by atoms with Crippen LogP contribution in [-0.2, 0) is 12.8 Å². The summed E-state index contributed by atoms with van der Waals surface area (Å²) in [7, 11) is 0. The SMILES string of the molecule is CC(C)CC(Cl)CNCCc1ccc2c(c1)CCO2. The Morgan fingerprint density at radius 2 is 2.21 bits per heavy atom. The molecule has 0 saturated heterocycles. The monoisotopic (exact) mass is 281 g/mol. The average Bonchev–Trinajstić information content (AvgIpc) is 2.81. The Labute approximate surface area is 121 Å². The summed E-state index contributed by atoms with van der Waals surface area (Å²) in [5.74, 6) is 1.73. The van der Waals surface area contributed by atoms with Crippen LogP contribution in [-0.4, -0.2) is 25.1 Å². The Balaban J connectivity index is 1.68. The highest BCUT2D eigenvalue weighted by Gasteiger charge is 2.12. The molecule has 0 bridgehead atoms. The Kier molecular flexibility index (Phi) is 5.53. The van der Waals surface area contributed by atoms with Gasteiger partial charge in [-0.05, 0) is 42.5 Å². The van der Waals surface area contributed by atoms with Crippen molar-refractivity contribution < 1.29 is 4.74 Å². The minimum absolute atomic E-state index is 0.244. The molecule has 1 atom stereocenters. The topological polar surface area (TPSA) is 21.3 Å². The second-order valence-corrected chi connectivity index (χ2v) is 6.34. The van der Waals surface area contributed by atoms with Gasteiger partial charge in [0.2, 0.25) is 0 Å². The quantitative estimate of drug-likeness (QED) is 0.611. The van der Waals surface area contributed by atoms with Crippen molar-refractivity contribution in [1.82, 2.24) is 5.32 Å². The normalized spacial score (nSPS) is 15.4. The van der Waals surface area contributed by atoms with Crippen LogP contribution in [0.25, 0.3) is 0 Å². The summed E-state index contributed by atoms with van der Waals surface area (Å²) >= 11 is 6.26. The number of benzene rings is 1. The molecule has 2 nitrogen and oxygen atoms in total. The van der Waals surface area contributed by atoms with Crippen molar-refractivity contribution in [3.63, 3.8) is 0 Å². The van der Waals surface area contributed by atoms with Gasteiger partial charge in [-0.3, -0.25) is 0 Å². The first-order valence-electron chi connectivity index (χ1n) is 7.24. The van der Waals surface area contributed by atoms with E-state index in [1.807, 2.05) is 0 Å². The van der Waals surface area contributed by atoms with E-state index in [4.69, 9.17) is 16.3 Å². The summed E-state index contributed by atoms with van der Waals surface area (Å²) in [5.41, 5.74) is 2.74. The molecule has 0 fully saturated rings. The first-order chi connectivity index (χ1) is 9.15. The fraction of sp³-hybridized carbons (Fsp3) is 0.625. The van der Waals surface area contributed by atoms with Crippen LogP contribution in [0, 0.1) is 5.92 Å². The highest BCUT2D eigenvalue weighted by Crippen LogP contribution is 2.25. The van der Waals surface area contributed by atoms with Gasteiger partial charge in [0.25, 0.3) is 0 Å². The van der Waals surface area contributed by atoms with Gasteiger partial charge < -0.3 is 10.1 Å². The van der Waals surface area contributed by atoms with Crippen LogP contribution in [0.2, 0.25) is 0 Å². The van der Waals surface area contributed by atoms with Crippen molar-refractivity contribution in [1.29, 1.82) is 0 Å². The average molecular weight is 282 g/mol. The largest absolute Gasteiger partial charge is 0.493 e. The van der Waals surface area contributed by atoms with E-state index >= 15 is 0 Å². The number of ether oxygens (including phenoxy) is 1. The third-order valence-corrected chi connectivity index (χ3v) is 3.77. The molecule has 3 heteroatoms. The van der Waals surface area contributed by atoms with Crippen molar-refractivity contribution in [3.8, 4) is 5.75 Å². The summed E-state index contributed by atoms with van der Waals surface area (Å²) in [6.45, 7) is 7.14. The number of hydrogen-bond acceptors (Lipinski definition) is 2. The van der Waals surface area contributed by atoms with Gasteiger partial charge >= 0.3 is 0 Å². The van der Waals surface area contributed by atoms with Crippen LogP contribution < -0.4 is 10.1 Å². The lowest BCUT2D eigenvalue weighted by Gasteiger charge is -2.13. The molecule has 0 aliphatic carbocycles. The highest BCUT2D eigenvalue weighted by atomic mass is 35.5. The fourth-order valence-corrected chi connectivity index (χ4v) is 2.95. The van der Waals surface area contributed by atoms with Crippen molar-refractivity contribution in [3.05, 3.63) is 29.3 Å². The van der Waals surface area contributed by atoms with E-state index in [0.29, 0.717) is 5.92 Å². The van der Waals surface area contributed by atoms with E-state index in [9.17, 15) is 0 Å². The Bertz CT molecular complexity index is 406. The summed E-state index contributed by atoms with van der Waals surface area (Å²) in [6.07, 6.45) is 3.18. The summed E-state index contributed by atoms with van der Waals surface area (Å²) in [4.78, 5) is 0. The molecule has 0 amide bonds. The molecule has 1 aliphatic rings. The zero-order valence-electron chi connectivity index (χ0n) is 11.9. The van der Waals surface area contributed by atoms with E-state index in [2.05, 4.69) is 37.4 Å². The lowest BCUT2D eigenvalue weighted by atomic mass is 10.1. The van der Waals surface area contributed by atoms with Gasteiger partial charge in [0.1, 0.15) is 5.75 Å². The van der Waals surface area contributed by atoms with E-state index < -0.39 is 0 Å². The van der Waals surface area contributed by atoms with Gasteiger partial charge in [0, 0.05) is 18.3 Å². The predicted octanol–water partition coefficient (Wildman–Crippen LogP) is 3.41. The van der Waals surface area contributed by atoms with Gasteiger partial charge in [-0.25, -0.2) is 0 Å². The molecule has 0 spiro atoms. The Morgan fingerprint density at radius 3 is 3.00 bits per heavy atom. The van der Waals surface area contributed by atoms with Crippen LogP contribution in [0.5, 0.6) is 5.75 Å². The Morgan fingerprint density at radius 1 is 1.37 bits per heavy atom. The minimum Gasteiger partial charge on any atom is -0.493 e. The second kappa shape index (κ2) is 7.16. The maximum absolute atomic E-state index is 6.26. The fourth-order valence-electron chi connectivity index (χ4n) is 2.48. The minimum atomic E-state index is 0.244. The van der Waals surface area contributed by atoms with Crippen LogP contribution in [0.15, 0.2) is 18.2 Å². The first kappa shape index (κ1) is 14.7. The molecule has 2 rings (SSSR count). The lowest BCUT2D eigenvalue weighted by Crippen LogP contribution is -2.26. The van der Waals surface area contributed by atoms with Crippen LogP contribution >= 0.6 is 11.6 Å². The van der Waals surface area contributed by atoms with Gasteiger partial charge in [-0.1, -0.05) is 26.0 Å². The zero-order chi connectivity index (χ0) is 13.7. The summed E-state index contributed by atoms with van der Waals surface area (Å²) < 4.78 is 5.51. The van der Waals surface area contributed by atoms with Crippen LogP contribution in [0.4, 0.5) is 0 Å². The second-order valence-electron chi connectivity index (χ2n) is 5.72. The highest BCUT2D eigenvalue weighted by molar-refractivity contribution is 6.20. The van der Waals surface area contributed by atoms with Gasteiger partial charge in [-0.15, -0.1) is 11.6 Å². The van der Waals surface area contributed by atoms with E-state index in [0.717, 1.165) is 44.7 Å². The molecule has 1 N–H and O–H groups in total. The summed E-state index contributed by atoms with van der Waals surface area (Å²) in [5, 5.41) is 3.69. The molecule has 1 aromatic carbocycles. The van der Waals surface area contributed by atoms with Gasteiger partial charge in [0.05, 0.1) is 6.61 Å². The van der Waals surface area contributed by atoms with E-state index in [1.54, 1.807) is 0 Å².